The van der Waals surface area contributed by atoms with E-state index in [2.05, 4.69) is 5.43 Å². The predicted octanol–water partition coefficient (Wildman–Crippen LogP) is 0.889. The van der Waals surface area contributed by atoms with Crippen molar-refractivity contribution in [1.29, 1.82) is 0 Å². The minimum absolute atomic E-state index is 0.0366. The van der Waals surface area contributed by atoms with Crippen LogP contribution >= 0.6 is 11.6 Å². The maximum Gasteiger partial charge on any atom is 0.149 e. The Hall–Kier alpha value is -0.620. The van der Waals surface area contributed by atoms with Crippen LogP contribution in [0.15, 0.2) is 24.3 Å². The van der Waals surface area contributed by atoms with E-state index in [1.165, 1.54) is 6.26 Å². The molecule has 1 aromatic carbocycles. The van der Waals surface area contributed by atoms with Crippen LogP contribution in [0, 0.1) is 0 Å². The molecule has 0 radical (unpaired) electrons. The highest BCUT2D eigenvalue weighted by atomic mass is 35.5. The van der Waals surface area contributed by atoms with E-state index in [9.17, 15) is 8.42 Å². The van der Waals surface area contributed by atoms with E-state index < -0.39 is 15.9 Å². The number of rotatable bonds is 4. The number of sulfone groups is 1. The number of nitrogens with one attached hydrogen (secondary N) is 1. The zero-order chi connectivity index (χ0) is 11.5. The Labute approximate surface area is 94.3 Å². The van der Waals surface area contributed by atoms with Gasteiger partial charge in [0.1, 0.15) is 9.84 Å². The van der Waals surface area contributed by atoms with Crippen LogP contribution in [-0.4, -0.2) is 20.4 Å². The molecule has 0 aliphatic heterocycles. The van der Waals surface area contributed by atoms with Crippen LogP contribution in [-0.2, 0) is 9.84 Å². The average Bonchev–Trinajstić information content (AvgIpc) is 2.14. The van der Waals surface area contributed by atoms with Crippen molar-refractivity contribution in [2.75, 3.05) is 12.0 Å². The first kappa shape index (κ1) is 12.4. The molecule has 84 valence electrons. The van der Waals surface area contributed by atoms with Crippen molar-refractivity contribution < 1.29 is 8.42 Å². The first-order valence-corrected chi connectivity index (χ1v) is 6.75. The first-order valence-electron chi connectivity index (χ1n) is 4.31. The summed E-state index contributed by atoms with van der Waals surface area (Å²) >= 11 is 5.72. The largest absolute Gasteiger partial charge is 0.271 e. The molecule has 15 heavy (non-hydrogen) atoms. The molecule has 0 bridgehead atoms. The first-order chi connectivity index (χ1) is 6.92. The molecule has 0 amide bonds. The topological polar surface area (TPSA) is 72.2 Å². The SMILES string of the molecule is CS(=O)(=O)CC(NN)c1ccc(Cl)cc1. The van der Waals surface area contributed by atoms with Gasteiger partial charge in [-0.15, -0.1) is 0 Å². The summed E-state index contributed by atoms with van der Waals surface area (Å²) in [6, 6.07) is 6.49. The van der Waals surface area contributed by atoms with E-state index in [0.29, 0.717) is 5.02 Å². The minimum Gasteiger partial charge on any atom is -0.271 e. The molecule has 6 heteroatoms. The lowest BCUT2D eigenvalue weighted by molar-refractivity contribution is 0.564. The average molecular weight is 249 g/mol. The summed E-state index contributed by atoms with van der Waals surface area (Å²) in [7, 11) is -3.07. The molecule has 1 rings (SSSR count). The van der Waals surface area contributed by atoms with Crippen molar-refractivity contribution in [1.82, 2.24) is 5.43 Å². The van der Waals surface area contributed by atoms with Gasteiger partial charge < -0.3 is 0 Å². The lowest BCUT2D eigenvalue weighted by atomic mass is 10.1. The normalized spacial score (nSPS) is 13.8. The van der Waals surface area contributed by atoms with Gasteiger partial charge in [-0.05, 0) is 17.7 Å². The Bertz CT molecular complexity index is 416. The minimum atomic E-state index is -3.07. The Morgan fingerprint density at radius 1 is 1.40 bits per heavy atom. The van der Waals surface area contributed by atoms with Gasteiger partial charge in [-0.3, -0.25) is 11.3 Å². The lowest BCUT2D eigenvalue weighted by Gasteiger charge is -2.14. The molecule has 4 nitrogen and oxygen atoms in total. The van der Waals surface area contributed by atoms with Crippen LogP contribution in [0.25, 0.3) is 0 Å². The molecule has 0 aliphatic rings. The number of hydrogen-bond acceptors (Lipinski definition) is 4. The van der Waals surface area contributed by atoms with E-state index in [1.807, 2.05) is 0 Å². The molecular formula is C9H13ClN2O2S. The monoisotopic (exact) mass is 248 g/mol. The fourth-order valence-electron chi connectivity index (χ4n) is 1.24. The summed E-state index contributed by atoms with van der Waals surface area (Å²) in [6.07, 6.45) is 1.17. The molecular weight excluding hydrogens is 236 g/mol. The van der Waals surface area contributed by atoms with Crippen molar-refractivity contribution in [3.05, 3.63) is 34.9 Å². The van der Waals surface area contributed by atoms with Gasteiger partial charge in [0.05, 0.1) is 11.8 Å². The molecule has 0 aromatic heterocycles. The third kappa shape index (κ3) is 4.17. The summed E-state index contributed by atoms with van der Waals surface area (Å²) in [5.74, 6) is 5.27. The van der Waals surface area contributed by atoms with Gasteiger partial charge >= 0.3 is 0 Å². The van der Waals surface area contributed by atoms with E-state index in [0.717, 1.165) is 5.56 Å². The predicted molar refractivity (Wildman–Crippen MR) is 61.2 cm³/mol. The summed E-state index contributed by atoms with van der Waals surface area (Å²) in [6.45, 7) is 0. The van der Waals surface area contributed by atoms with E-state index in [1.54, 1.807) is 24.3 Å². The maximum atomic E-state index is 11.1. The molecule has 1 aromatic rings. The lowest BCUT2D eigenvalue weighted by Crippen LogP contribution is -2.32. The quantitative estimate of drug-likeness (QED) is 0.613. The van der Waals surface area contributed by atoms with Crippen LogP contribution in [0.1, 0.15) is 11.6 Å². The highest BCUT2D eigenvalue weighted by Crippen LogP contribution is 2.17. The van der Waals surface area contributed by atoms with Gasteiger partial charge in [-0.2, -0.15) is 0 Å². The summed E-state index contributed by atoms with van der Waals surface area (Å²) in [5, 5.41) is 0.605. The van der Waals surface area contributed by atoms with Crippen molar-refractivity contribution >= 4 is 21.4 Å². The van der Waals surface area contributed by atoms with E-state index >= 15 is 0 Å². The number of hydrazine groups is 1. The Kier molecular flexibility index (Phi) is 4.10. The fourth-order valence-corrected chi connectivity index (χ4v) is 2.26. The fraction of sp³-hybridized carbons (Fsp3) is 0.333. The van der Waals surface area contributed by atoms with Crippen molar-refractivity contribution in [3.8, 4) is 0 Å². The summed E-state index contributed by atoms with van der Waals surface area (Å²) in [4.78, 5) is 0. The Balaban J connectivity index is 2.88. The standard InChI is InChI=1S/C9H13ClN2O2S/c1-15(13,14)6-9(12-11)7-2-4-8(10)5-3-7/h2-5,9,12H,6,11H2,1H3. The molecule has 0 aliphatic carbocycles. The van der Waals surface area contributed by atoms with Crippen LogP contribution < -0.4 is 11.3 Å². The van der Waals surface area contributed by atoms with Gasteiger partial charge in [0, 0.05) is 11.3 Å². The van der Waals surface area contributed by atoms with Crippen molar-refractivity contribution in [2.45, 2.75) is 6.04 Å². The molecule has 1 atom stereocenters. The Morgan fingerprint density at radius 3 is 2.33 bits per heavy atom. The third-order valence-electron chi connectivity index (χ3n) is 1.94. The second kappa shape index (κ2) is 4.94. The number of hydrogen-bond donors (Lipinski definition) is 2. The molecule has 0 fully saturated rings. The molecule has 0 saturated carbocycles. The highest BCUT2D eigenvalue weighted by molar-refractivity contribution is 7.90. The van der Waals surface area contributed by atoms with Crippen molar-refractivity contribution in [3.63, 3.8) is 0 Å². The van der Waals surface area contributed by atoms with E-state index in [4.69, 9.17) is 17.4 Å². The van der Waals surface area contributed by atoms with Gasteiger partial charge in [-0.25, -0.2) is 8.42 Å². The molecule has 0 heterocycles. The number of halogens is 1. The second-order valence-electron chi connectivity index (χ2n) is 3.36. The zero-order valence-electron chi connectivity index (χ0n) is 8.27. The second-order valence-corrected chi connectivity index (χ2v) is 5.98. The molecule has 0 saturated heterocycles. The van der Waals surface area contributed by atoms with Gasteiger partial charge in [0.25, 0.3) is 0 Å². The van der Waals surface area contributed by atoms with E-state index in [-0.39, 0.29) is 5.75 Å². The van der Waals surface area contributed by atoms with Crippen LogP contribution in [0.2, 0.25) is 5.02 Å². The van der Waals surface area contributed by atoms with Crippen LogP contribution in [0.4, 0.5) is 0 Å². The number of benzene rings is 1. The smallest absolute Gasteiger partial charge is 0.149 e. The van der Waals surface area contributed by atoms with Gasteiger partial charge in [-0.1, -0.05) is 23.7 Å². The Morgan fingerprint density at radius 2 is 1.93 bits per heavy atom. The highest BCUT2D eigenvalue weighted by Gasteiger charge is 2.15. The van der Waals surface area contributed by atoms with Crippen molar-refractivity contribution in [2.24, 2.45) is 5.84 Å². The molecule has 1 unspecified atom stereocenters. The number of nitrogens with two attached hydrogens (primary N) is 1. The summed E-state index contributed by atoms with van der Waals surface area (Å²) < 4.78 is 22.2. The van der Waals surface area contributed by atoms with Gasteiger partial charge in [0.2, 0.25) is 0 Å². The third-order valence-corrected chi connectivity index (χ3v) is 3.13. The van der Waals surface area contributed by atoms with Crippen LogP contribution in [0.3, 0.4) is 0 Å². The molecule has 0 spiro atoms. The maximum absolute atomic E-state index is 11.1. The zero-order valence-corrected chi connectivity index (χ0v) is 9.85. The van der Waals surface area contributed by atoms with Gasteiger partial charge in [0.15, 0.2) is 0 Å². The summed E-state index contributed by atoms with van der Waals surface area (Å²) in [5.41, 5.74) is 3.27. The van der Waals surface area contributed by atoms with Crippen LogP contribution in [0.5, 0.6) is 0 Å². The molecule has 3 N–H and O–H groups in total.